The van der Waals surface area contributed by atoms with Gasteiger partial charge in [-0.3, -0.25) is 0 Å². The van der Waals surface area contributed by atoms with Crippen LogP contribution in [-0.4, -0.2) is 36.4 Å². The van der Waals surface area contributed by atoms with Crippen molar-refractivity contribution in [1.82, 2.24) is 4.90 Å². The molecule has 1 fully saturated rings. The van der Waals surface area contributed by atoms with E-state index in [1.165, 1.54) is 5.56 Å². The molecule has 1 nitrogen and oxygen atoms in total. The summed E-state index contributed by atoms with van der Waals surface area (Å²) in [4.78, 5) is 2.51. The molecule has 194 valence electrons. The van der Waals surface area contributed by atoms with Crippen molar-refractivity contribution in [1.29, 1.82) is 0 Å². The molecule has 1 saturated carbocycles. The van der Waals surface area contributed by atoms with E-state index in [9.17, 15) is 26.3 Å². The highest BCUT2D eigenvalue weighted by atomic mass is 19.4. The summed E-state index contributed by atoms with van der Waals surface area (Å²) >= 11 is 0. The average Bonchev–Trinajstić information content (AvgIpc) is 2.76. The lowest BCUT2D eigenvalue weighted by Gasteiger charge is -2.46. The van der Waals surface area contributed by atoms with Gasteiger partial charge in [-0.1, -0.05) is 68.4 Å². The van der Waals surface area contributed by atoms with Crippen LogP contribution < -0.4 is 0 Å². The van der Waals surface area contributed by atoms with Gasteiger partial charge < -0.3 is 4.90 Å². The van der Waals surface area contributed by atoms with E-state index in [0.29, 0.717) is 11.6 Å². The highest BCUT2D eigenvalue weighted by Gasteiger charge is 2.64. The summed E-state index contributed by atoms with van der Waals surface area (Å²) in [6.45, 7) is 6.31. The molecule has 4 unspecified atom stereocenters. The maximum absolute atomic E-state index is 13.3. The molecule has 0 radical (unpaired) electrons. The molecule has 0 aliphatic heterocycles. The Bertz CT molecular complexity index is 890. The van der Waals surface area contributed by atoms with Crippen LogP contribution in [0.5, 0.6) is 0 Å². The number of halogens is 6. The van der Waals surface area contributed by atoms with Crippen molar-refractivity contribution in [3.8, 4) is 0 Å². The summed E-state index contributed by atoms with van der Waals surface area (Å²) in [5.74, 6) is -5.79. The quantitative estimate of drug-likeness (QED) is 0.282. The van der Waals surface area contributed by atoms with Gasteiger partial charge in [0.05, 0.1) is 11.8 Å². The minimum Gasteiger partial charge on any atom is -0.300 e. The number of alkyl halides is 6. The summed E-state index contributed by atoms with van der Waals surface area (Å²) in [5, 5.41) is 0. The van der Waals surface area contributed by atoms with Crippen LogP contribution in [0.4, 0.5) is 26.3 Å². The largest absolute Gasteiger partial charge is 0.393 e. The predicted octanol–water partition coefficient (Wildman–Crippen LogP) is 8.20. The van der Waals surface area contributed by atoms with Crippen LogP contribution in [0, 0.1) is 11.8 Å². The summed E-state index contributed by atoms with van der Waals surface area (Å²) in [6.07, 6.45) is -5.44. The van der Waals surface area contributed by atoms with Gasteiger partial charge in [-0.25, -0.2) is 0 Å². The molecule has 0 N–H and O–H groups in total. The fourth-order valence-electron chi connectivity index (χ4n) is 5.38. The summed E-state index contributed by atoms with van der Waals surface area (Å²) in [7, 11) is 0. The van der Waals surface area contributed by atoms with E-state index < -0.39 is 36.5 Å². The third-order valence-corrected chi connectivity index (χ3v) is 7.38. The smallest absolute Gasteiger partial charge is 0.300 e. The Morgan fingerprint density at radius 3 is 1.97 bits per heavy atom. The molecule has 0 aromatic heterocycles. The Balaban J connectivity index is 1.60. The maximum atomic E-state index is 13.3. The van der Waals surface area contributed by atoms with Gasteiger partial charge >= 0.3 is 12.4 Å². The minimum atomic E-state index is -4.86. The minimum absolute atomic E-state index is 0.346. The zero-order valence-electron chi connectivity index (χ0n) is 20.4. The molecular weight excluding hydrogens is 464 g/mol. The number of benzene rings is 2. The van der Waals surface area contributed by atoms with Crippen molar-refractivity contribution in [2.75, 3.05) is 13.1 Å². The molecule has 2 aromatic carbocycles. The number of hydrogen-bond donors (Lipinski definition) is 0. The summed E-state index contributed by atoms with van der Waals surface area (Å²) in [5.41, 5.74) is 2.65. The van der Waals surface area contributed by atoms with Crippen molar-refractivity contribution < 1.29 is 26.3 Å². The van der Waals surface area contributed by atoms with Gasteiger partial charge in [0.1, 0.15) is 0 Å². The van der Waals surface area contributed by atoms with E-state index in [0.717, 1.165) is 50.8 Å². The Kier molecular flexibility index (Phi) is 9.30. The number of nitrogens with zero attached hydrogens (tertiary/aromatic N) is 1. The van der Waals surface area contributed by atoms with Gasteiger partial charge in [0.2, 0.25) is 0 Å². The SMILES string of the molecule is CCCN(CCc1ccccc1)C(CC)CCc1ccc(C2CC(C(F)(F)F)C2C(F)(F)F)cc1. The molecule has 1 aliphatic rings. The Morgan fingerprint density at radius 2 is 1.43 bits per heavy atom. The monoisotopic (exact) mass is 499 g/mol. The summed E-state index contributed by atoms with van der Waals surface area (Å²) < 4.78 is 79.1. The van der Waals surface area contributed by atoms with Crippen LogP contribution in [0.3, 0.4) is 0 Å². The first kappa shape index (κ1) is 27.6. The van der Waals surface area contributed by atoms with Crippen molar-refractivity contribution >= 4 is 0 Å². The zero-order chi connectivity index (χ0) is 25.6. The molecule has 0 saturated heterocycles. The lowest BCUT2D eigenvalue weighted by molar-refractivity contribution is -0.292. The highest BCUT2D eigenvalue weighted by molar-refractivity contribution is 5.29. The molecule has 0 heterocycles. The second-order valence-corrected chi connectivity index (χ2v) is 9.67. The lowest BCUT2D eigenvalue weighted by Crippen LogP contribution is -2.51. The van der Waals surface area contributed by atoms with Crippen molar-refractivity contribution in [2.24, 2.45) is 11.8 Å². The fraction of sp³-hybridized carbons (Fsp3) is 0.571. The Labute approximate surface area is 204 Å². The lowest BCUT2D eigenvalue weighted by atomic mass is 9.61. The molecular formula is C28H35F6N. The van der Waals surface area contributed by atoms with Gasteiger partial charge in [0.25, 0.3) is 0 Å². The molecule has 0 spiro atoms. The second-order valence-electron chi connectivity index (χ2n) is 9.67. The van der Waals surface area contributed by atoms with Crippen LogP contribution >= 0.6 is 0 Å². The molecule has 3 rings (SSSR count). The van der Waals surface area contributed by atoms with Crippen molar-refractivity contribution in [3.63, 3.8) is 0 Å². The highest BCUT2D eigenvalue weighted by Crippen LogP contribution is 2.59. The van der Waals surface area contributed by atoms with Gasteiger partial charge in [-0.05, 0) is 67.7 Å². The van der Waals surface area contributed by atoms with Crippen LogP contribution in [0.2, 0.25) is 0 Å². The molecule has 0 amide bonds. The first-order valence-electron chi connectivity index (χ1n) is 12.5. The number of aryl methyl sites for hydroxylation is 1. The van der Waals surface area contributed by atoms with Crippen molar-refractivity contribution in [3.05, 3.63) is 71.3 Å². The van der Waals surface area contributed by atoms with Crippen molar-refractivity contribution in [2.45, 2.75) is 76.7 Å². The third kappa shape index (κ3) is 7.25. The van der Waals surface area contributed by atoms with E-state index in [4.69, 9.17) is 0 Å². The maximum Gasteiger partial charge on any atom is 0.393 e. The van der Waals surface area contributed by atoms with Crippen LogP contribution in [0.15, 0.2) is 54.6 Å². The zero-order valence-corrected chi connectivity index (χ0v) is 20.4. The Hall–Kier alpha value is -2.02. The van der Waals surface area contributed by atoms with E-state index in [1.54, 1.807) is 24.3 Å². The van der Waals surface area contributed by atoms with E-state index >= 15 is 0 Å². The van der Waals surface area contributed by atoms with Gasteiger partial charge in [0.15, 0.2) is 0 Å². The average molecular weight is 500 g/mol. The van der Waals surface area contributed by atoms with Gasteiger partial charge in [-0.15, -0.1) is 0 Å². The third-order valence-electron chi connectivity index (χ3n) is 7.38. The first-order chi connectivity index (χ1) is 16.5. The molecule has 0 bridgehead atoms. The molecule has 7 heteroatoms. The fourth-order valence-corrected chi connectivity index (χ4v) is 5.38. The molecule has 35 heavy (non-hydrogen) atoms. The van der Waals surface area contributed by atoms with E-state index in [-0.39, 0.29) is 0 Å². The second kappa shape index (κ2) is 11.8. The van der Waals surface area contributed by atoms with Crippen LogP contribution in [-0.2, 0) is 12.8 Å². The van der Waals surface area contributed by atoms with Crippen LogP contribution in [0.25, 0.3) is 0 Å². The first-order valence-corrected chi connectivity index (χ1v) is 12.5. The number of rotatable bonds is 11. The predicted molar refractivity (Wildman–Crippen MR) is 127 cm³/mol. The topological polar surface area (TPSA) is 3.24 Å². The van der Waals surface area contributed by atoms with E-state index in [2.05, 4.69) is 30.9 Å². The number of hydrogen-bond acceptors (Lipinski definition) is 1. The standard InChI is InChI=1S/C28H35F6N/c1-3-17-35(18-16-20-8-6-5-7-9-20)23(4-2)15-12-21-10-13-22(14-11-21)24-19-25(27(29,30)31)26(24)28(32,33)34/h5-11,13-14,23-26H,3-4,12,15-19H2,1-2H3. The van der Waals surface area contributed by atoms with Gasteiger partial charge in [0, 0.05) is 12.6 Å². The Morgan fingerprint density at radius 1 is 0.800 bits per heavy atom. The van der Waals surface area contributed by atoms with Gasteiger partial charge in [-0.2, -0.15) is 26.3 Å². The molecule has 4 atom stereocenters. The summed E-state index contributed by atoms with van der Waals surface area (Å²) in [6, 6.07) is 17.5. The normalized spacial score (nSPS) is 21.7. The van der Waals surface area contributed by atoms with E-state index in [1.807, 2.05) is 18.2 Å². The molecule has 2 aromatic rings. The van der Waals surface area contributed by atoms with Crippen LogP contribution in [0.1, 0.15) is 62.1 Å². The molecule has 1 aliphatic carbocycles.